The molecule has 3 aromatic carbocycles. The standard InChI is InChI=1S/C31H39N3O7S/c1-22-7-6-16-33(20-22)24-10-8-23(9-11-24)19-32-31(35)21-34(27-17-25(38-2)12-14-28(27)39-3)42(36,37)26-13-15-29(40-4)30(18-26)41-5/h8-15,17-18,22H,6-7,16,19-21H2,1-5H3,(H,32,35). The summed E-state index contributed by atoms with van der Waals surface area (Å²) in [4.78, 5) is 15.6. The Kier molecular flexibility index (Phi) is 10.1. The monoisotopic (exact) mass is 597 g/mol. The van der Waals surface area contributed by atoms with Crippen LogP contribution >= 0.6 is 0 Å². The van der Waals surface area contributed by atoms with E-state index in [0.717, 1.165) is 28.6 Å². The highest BCUT2D eigenvalue weighted by Crippen LogP contribution is 2.37. The summed E-state index contributed by atoms with van der Waals surface area (Å²) in [5.41, 5.74) is 2.22. The molecule has 1 N–H and O–H groups in total. The second-order valence-corrected chi connectivity index (χ2v) is 12.1. The summed E-state index contributed by atoms with van der Waals surface area (Å²) in [6.07, 6.45) is 2.43. The van der Waals surface area contributed by atoms with Gasteiger partial charge in [-0.3, -0.25) is 9.10 Å². The van der Waals surface area contributed by atoms with Crippen LogP contribution in [-0.2, 0) is 21.4 Å². The van der Waals surface area contributed by atoms with Gasteiger partial charge in [0.1, 0.15) is 18.0 Å². The highest BCUT2D eigenvalue weighted by atomic mass is 32.2. The number of piperidine rings is 1. The molecule has 0 aliphatic carbocycles. The minimum Gasteiger partial charge on any atom is -0.497 e. The van der Waals surface area contributed by atoms with Gasteiger partial charge in [0.25, 0.3) is 10.0 Å². The zero-order valence-corrected chi connectivity index (χ0v) is 25.6. The van der Waals surface area contributed by atoms with Gasteiger partial charge in [-0.15, -0.1) is 0 Å². The van der Waals surface area contributed by atoms with Gasteiger partial charge >= 0.3 is 0 Å². The molecule has 1 aliphatic heterocycles. The van der Waals surface area contributed by atoms with Crippen molar-refractivity contribution < 1.29 is 32.2 Å². The van der Waals surface area contributed by atoms with Crippen molar-refractivity contribution in [3.8, 4) is 23.0 Å². The number of nitrogens with one attached hydrogen (secondary N) is 1. The first kappa shape index (κ1) is 30.8. The number of anilines is 2. The van der Waals surface area contributed by atoms with Crippen LogP contribution in [0.25, 0.3) is 0 Å². The lowest BCUT2D eigenvalue weighted by Crippen LogP contribution is -2.41. The molecule has 1 aliphatic rings. The fraction of sp³-hybridized carbons (Fsp3) is 0.387. The summed E-state index contributed by atoms with van der Waals surface area (Å²) in [6, 6.07) is 17.1. The second-order valence-electron chi connectivity index (χ2n) is 10.2. The molecule has 1 saturated heterocycles. The fourth-order valence-electron chi connectivity index (χ4n) is 5.03. The van der Waals surface area contributed by atoms with Gasteiger partial charge in [0.05, 0.1) is 39.0 Å². The maximum Gasteiger partial charge on any atom is 0.265 e. The Morgan fingerprint density at radius 1 is 0.905 bits per heavy atom. The van der Waals surface area contributed by atoms with E-state index in [1.165, 1.54) is 65.5 Å². The topological polar surface area (TPSA) is 107 Å². The third-order valence-corrected chi connectivity index (χ3v) is 9.09. The largest absolute Gasteiger partial charge is 0.497 e. The highest BCUT2D eigenvalue weighted by molar-refractivity contribution is 7.92. The highest BCUT2D eigenvalue weighted by Gasteiger charge is 2.31. The number of rotatable bonds is 12. The van der Waals surface area contributed by atoms with Crippen molar-refractivity contribution in [2.24, 2.45) is 5.92 Å². The SMILES string of the molecule is COc1ccc(OC)c(N(CC(=O)NCc2ccc(N3CCCC(C)C3)cc2)S(=O)(=O)c2ccc(OC)c(OC)c2)c1. The summed E-state index contributed by atoms with van der Waals surface area (Å²) in [5, 5.41) is 2.86. The van der Waals surface area contributed by atoms with Crippen molar-refractivity contribution in [3.05, 3.63) is 66.2 Å². The van der Waals surface area contributed by atoms with Crippen LogP contribution in [0, 0.1) is 5.92 Å². The van der Waals surface area contributed by atoms with E-state index in [-0.39, 0.29) is 28.6 Å². The Balaban J connectivity index is 1.58. The van der Waals surface area contributed by atoms with E-state index in [4.69, 9.17) is 18.9 Å². The van der Waals surface area contributed by atoms with Crippen LogP contribution in [-0.4, -0.2) is 62.4 Å². The first-order valence-corrected chi connectivity index (χ1v) is 15.2. The molecule has 226 valence electrons. The molecule has 0 spiro atoms. The van der Waals surface area contributed by atoms with Gasteiger partial charge in [0.2, 0.25) is 5.91 Å². The molecule has 4 rings (SSSR count). The van der Waals surface area contributed by atoms with Gasteiger partial charge in [-0.25, -0.2) is 8.42 Å². The van der Waals surface area contributed by atoms with E-state index in [2.05, 4.69) is 29.3 Å². The van der Waals surface area contributed by atoms with Gasteiger partial charge in [0.15, 0.2) is 11.5 Å². The second kappa shape index (κ2) is 13.7. The molecule has 1 amide bonds. The molecule has 0 radical (unpaired) electrons. The zero-order chi connectivity index (χ0) is 30.3. The van der Waals surface area contributed by atoms with E-state index < -0.39 is 22.5 Å². The normalized spacial score (nSPS) is 15.1. The lowest BCUT2D eigenvalue weighted by molar-refractivity contribution is -0.119. The van der Waals surface area contributed by atoms with Gasteiger partial charge < -0.3 is 29.2 Å². The minimum absolute atomic E-state index is 0.0829. The van der Waals surface area contributed by atoms with Crippen molar-refractivity contribution in [1.82, 2.24) is 5.32 Å². The predicted molar refractivity (Wildman–Crippen MR) is 163 cm³/mol. The van der Waals surface area contributed by atoms with Crippen molar-refractivity contribution in [1.29, 1.82) is 0 Å². The average molecular weight is 598 g/mol. The Morgan fingerprint density at radius 3 is 2.24 bits per heavy atom. The van der Waals surface area contributed by atoms with Crippen LogP contribution in [0.5, 0.6) is 23.0 Å². The number of nitrogens with zero attached hydrogens (tertiary/aromatic N) is 2. The van der Waals surface area contributed by atoms with Crippen LogP contribution in [0.4, 0.5) is 11.4 Å². The molecule has 1 unspecified atom stereocenters. The molecular formula is C31H39N3O7S. The number of hydrogen-bond acceptors (Lipinski definition) is 8. The molecule has 3 aromatic rings. The quantitative estimate of drug-likeness (QED) is 0.326. The lowest BCUT2D eigenvalue weighted by atomic mass is 9.99. The third kappa shape index (κ3) is 7.02. The number of sulfonamides is 1. The molecule has 11 heteroatoms. The predicted octanol–water partition coefficient (Wildman–Crippen LogP) is 4.47. The molecule has 1 atom stereocenters. The molecule has 1 heterocycles. The fourth-order valence-corrected chi connectivity index (χ4v) is 6.47. The maximum atomic E-state index is 14.0. The third-order valence-electron chi connectivity index (χ3n) is 7.33. The van der Waals surface area contributed by atoms with E-state index in [9.17, 15) is 13.2 Å². The summed E-state index contributed by atoms with van der Waals surface area (Å²) < 4.78 is 50.5. The molecule has 1 fully saturated rings. The first-order chi connectivity index (χ1) is 20.2. The van der Waals surface area contributed by atoms with Crippen LogP contribution in [0.15, 0.2) is 65.6 Å². The number of benzene rings is 3. The van der Waals surface area contributed by atoms with Crippen LogP contribution in [0.1, 0.15) is 25.3 Å². The van der Waals surface area contributed by atoms with Gasteiger partial charge in [-0.1, -0.05) is 19.1 Å². The van der Waals surface area contributed by atoms with Crippen molar-refractivity contribution in [2.45, 2.75) is 31.2 Å². The minimum atomic E-state index is -4.27. The zero-order valence-electron chi connectivity index (χ0n) is 24.8. The van der Waals surface area contributed by atoms with Gasteiger partial charge in [-0.2, -0.15) is 0 Å². The number of carbonyl (C=O) groups excluding carboxylic acids is 1. The number of methoxy groups -OCH3 is 4. The average Bonchev–Trinajstić information content (AvgIpc) is 3.02. The number of hydrogen-bond donors (Lipinski definition) is 1. The van der Waals surface area contributed by atoms with E-state index >= 15 is 0 Å². The van der Waals surface area contributed by atoms with E-state index in [1.807, 2.05) is 12.1 Å². The lowest BCUT2D eigenvalue weighted by Gasteiger charge is -2.32. The Bertz CT molecular complexity index is 1480. The Hall–Kier alpha value is -4.12. The van der Waals surface area contributed by atoms with Crippen LogP contribution < -0.4 is 33.5 Å². The van der Waals surface area contributed by atoms with Gasteiger partial charge in [-0.05, 0) is 60.7 Å². The van der Waals surface area contributed by atoms with Crippen molar-refractivity contribution in [2.75, 3.05) is 57.3 Å². The summed E-state index contributed by atoms with van der Waals surface area (Å²) in [5.74, 6) is 1.46. The maximum absolute atomic E-state index is 14.0. The Labute approximate surface area is 248 Å². The number of amides is 1. The molecular weight excluding hydrogens is 558 g/mol. The smallest absolute Gasteiger partial charge is 0.265 e. The number of carbonyl (C=O) groups is 1. The summed E-state index contributed by atoms with van der Waals surface area (Å²) in [7, 11) is 1.52. The van der Waals surface area contributed by atoms with Crippen molar-refractivity contribution in [3.63, 3.8) is 0 Å². The summed E-state index contributed by atoms with van der Waals surface area (Å²) >= 11 is 0. The molecule has 0 aromatic heterocycles. The Morgan fingerprint density at radius 2 is 1.60 bits per heavy atom. The van der Waals surface area contributed by atoms with E-state index in [0.29, 0.717) is 17.4 Å². The number of ether oxygens (including phenoxy) is 4. The molecule has 0 bridgehead atoms. The summed E-state index contributed by atoms with van der Waals surface area (Å²) in [6.45, 7) is 4.09. The molecule has 10 nitrogen and oxygen atoms in total. The van der Waals surface area contributed by atoms with Crippen LogP contribution in [0.2, 0.25) is 0 Å². The van der Waals surface area contributed by atoms with E-state index in [1.54, 1.807) is 12.1 Å². The molecule has 42 heavy (non-hydrogen) atoms. The molecule has 0 saturated carbocycles. The first-order valence-electron chi connectivity index (χ1n) is 13.8. The van der Waals surface area contributed by atoms with Crippen LogP contribution in [0.3, 0.4) is 0 Å². The van der Waals surface area contributed by atoms with Gasteiger partial charge in [0, 0.05) is 37.5 Å². The van der Waals surface area contributed by atoms with Crippen molar-refractivity contribution >= 4 is 27.3 Å².